The van der Waals surface area contributed by atoms with Gasteiger partial charge in [-0.3, -0.25) is 4.79 Å². The zero-order valence-electron chi connectivity index (χ0n) is 14.5. The molecule has 0 atom stereocenters. The van der Waals surface area contributed by atoms with E-state index in [4.69, 9.17) is 5.73 Å². The lowest BCUT2D eigenvalue weighted by Gasteiger charge is -2.14. The Kier molecular flexibility index (Phi) is 4.41. The summed E-state index contributed by atoms with van der Waals surface area (Å²) in [6.45, 7) is 5.72. The lowest BCUT2D eigenvalue weighted by Crippen LogP contribution is -2.16. The van der Waals surface area contributed by atoms with Crippen LogP contribution in [0, 0.1) is 17.7 Å². The molecule has 0 aliphatic heterocycles. The van der Waals surface area contributed by atoms with E-state index in [-0.39, 0.29) is 5.56 Å². The van der Waals surface area contributed by atoms with Crippen LogP contribution in [-0.2, 0) is 12.8 Å². The van der Waals surface area contributed by atoms with Gasteiger partial charge >= 0.3 is 0 Å². The molecule has 1 amide bonds. The van der Waals surface area contributed by atoms with Crippen molar-refractivity contribution in [1.82, 2.24) is 4.98 Å². The third-order valence-electron chi connectivity index (χ3n) is 4.67. The van der Waals surface area contributed by atoms with E-state index in [1.54, 1.807) is 13.1 Å². The second-order valence-electron chi connectivity index (χ2n) is 6.29. The Balaban J connectivity index is 2.09. The van der Waals surface area contributed by atoms with Gasteiger partial charge in [0, 0.05) is 23.7 Å². The van der Waals surface area contributed by atoms with Crippen molar-refractivity contribution < 1.29 is 9.18 Å². The number of nitrogens with two attached hydrogens (primary N) is 1. The van der Waals surface area contributed by atoms with E-state index in [1.807, 2.05) is 26.0 Å². The highest BCUT2D eigenvalue weighted by molar-refractivity contribution is 5.97. The van der Waals surface area contributed by atoms with Crippen LogP contribution in [0.25, 0.3) is 5.57 Å². The molecule has 1 aliphatic rings. The minimum Gasteiger partial charge on any atom is -0.366 e. The Bertz CT molecular complexity index is 960. The first-order chi connectivity index (χ1) is 11.9. The molecule has 25 heavy (non-hydrogen) atoms. The van der Waals surface area contributed by atoms with Gasteiger partial charge in [-0.15, -0.1) is 0 Å². The molecule has 0 radical (unpaired) electrons. The topological polar surface area (TPSA) is 56.0 Å². The van der Waals surface area contributed by atoms with Crippen LogP contribution in [-0.4, -0.2) is 10.9 Å². The molecule has 1 aromatic heterocycles. The van der Waals surface area contributed by atoms with E-state index in [2.05, 4.69) is 16.8 Å². The van der Waals surface area contributed by atoms with Gasteiger partial charge in [0.15, 0.2) is 0 Å². The fourth-order valence-corrected chi connectivity index (χ4v) is 3.31. The summed E-state index contributed by atoms with van der Waals surface area (Å²) in [4.78, 5) is 16.0. The number of benzene rings is 1. The van der Waals surface area contributed by atoms with Crippen molar-refractivity contribution in [1.29, 1.82) is 0 Å². The molecule has 126 valence electrons. The number of rotatable bonds is 3. The maximum absolute atomic E-state index is 14.8. The largest absolute Gasteiger partial charge is 0.366 e. The summed E-state index contributed by atoms with van der Waals surface area (Å²) < 4.78 is 14.8. The minimum absolute atomic E-state index is 0.277. The molecule has 0 bridgehead atoms. The maximum atomic E-state index is 14.8. The van der Waals surface area contributed by atoms with Gasteiger partial charge in [0.05, 0.1) is 0 Å². The zero-order chi connectivity index (χ0) is 18.1. The number of nitrogens with zero attached hydrogens (tertiary/aromatic N) is 1. The molecule has 0 spiro atoms. The number of amides is 1. The monoisotopic (exact) mass is 334 g/mol. The van der Waals surface area contributed by atoms with E-state index in [0.717, 1.165) is 27.8 Å². The molecule has 4 heteroatoms. The minimum atomic E-state index is -0.589. The van der Waals surface area contributed by atoms with Crippen LogP contribution in [0.3, 0.4) is 0 Å². The number of aromatic nitrogens is 1. The van der Waals surface area contributed by atoms with Gasteiger partial charge in [-0.2, -0.15) is 0 Å². The number of hydrogen-bond acceptors (Lipinski definition) is 2. The molecule has 3 rings (SSSR count). The Morgan fingerprint density at radius 1 is 1.36 bits per heavy atom. The molecular weight excluding hydrogens is 315 g/mol. The number of pyridine rings is 1. The van der Waals surface area contributed by atoms with Crippen molar-refractivity contribution in [3.8, 4) is 11.8 Å². The highest BCUT2D eigenvalue weighted by Crippen LogP contribution is 2.38. The van der Waals surface area contributed by atoms with Crippen molar-refractivity contribution >= 4 is 11.5 Å². The standard InChI is InChI=1S/C21H19FN2O/c1-4-5-15-7-6-14(11-24-15)9-18-19(22)10-17(21(23)25)16-8-12(2)13(3)20(16)18/h6-7,10-11H,8-9H2,1-3H3,(H2,23,25). The molecule has 3 nitrogen and oxygen atoms in total. The normalized spacial score (nSPS) is 12.6. The van der Waals surface area contributed by atoms with Crippen LogP contribution >= 0.6 is 0 Å². The van der Waals surface area contributed by atoms with Gasteiger partial charge in [-0.25, -0.2) is 9.37 Å². The molecule has 2 N–H and O–H groups in total. The number of allylic oxidation sites excluding steroid dienone is 2. The first-order valence-corrected chi connectivity index (χ1v) is 8.10. The van der Waals surface area contributed by atoms with Gasteiger partial charge in [0.1, 0.15) is 11.5 Å². The fourth-order valence-electron chi connectivity index (χ4n) is 3.31. The van der Waals surface area contributed by atoms with Crippen LogP contribution in [0.1, 0.15) is 59.1 Å². The quantitative estimate of drug-likeness (QED) is 0.872. The van der Waals surface area contributed by atoms with Crippen molar-refractivity contribution in [2.24, 2.45) is 5.73 Å². The molecule has 1 aliphatic carbocycles. The van der Waals surface area contributed by atoms with Crippen LogP contribution in [0.5, 0.6) is 0 Å². The van der Waals surface area contributed by atoms with Crippen molar-refractivity contribution in [2.75, 3.05) is 0 Å². The van der Waals surface area contributed by atoms with Crippen LogP contribution in [0.15, 0.2) is 30.0 Å². The molecule has 2 aromatic rings. The van der Waals surface area contributed by atoms with Crippen LogP contribution in [0.4, 0.5) is 4.39 Å². The first kappa shape index (κ1) is 16.9. The molecular formula is C21H19FN2O. The number of fused-ring (bicyclic) bond motifs is 1. The van der Waals surface area contributed by atoms with Gasteiger partial charge in [-0.05, 0) is 67.5 Å². The molecule has 1 heterocycles. The third-order valence-corrected chi connectivity index (χ3v) is 4.67. The number of carbonyl (C=O) groups excluding carboxylic acids is 1. The number of halogens is 1. The summed E-state index contributed by atoms with van der Waals surface area (Å²) >= 11 is 0. The smallest absolute Gasteiger partial charge is 0.249 e. The predicted molar refractivity (Wildman–Crippen MR) is 96.5 cm³/mol. The van der Waals surface area contributed by atoms with E-state index in [0.29, 0.717) is 24.1 Å². The van der Waals surface area contributed by atoms with E-state index in [9.17, 15) is 9.18 Å². The van der Waals surface area contributed by atoms with E-state index in [1.165, 1.54) is 6.07 Å². The van der Waals surface area contributed by atoms with E-state index < -0.39 is 11.7 Å². The first-order valence-electron chi connectivity index (χ1n) is 8.10. The average Bonchev–Trinajstić information content (AvgIpc) is 2.87. The molecule has 0 saturated carbocycles. The number of primary amides is 1. The van der Waals surface area contributed by atoms with Gasteiger partial charge < -0.3 is 5.73 Å². The highest BCUT2D eigenvalue weighted by Gasteiger charge is 2.27. The molecule has 0 unspecified atom stereocenters. The molecule has 0 fully saturated rings. The SMILES string of the molecule is CC#Cc1ccc(Cc2c(F)cc(C(N)=O)c3c2C(C)=C(C)C3)cn1. The Morgan fingerprint density at radius 3 is 2.72 bits per heavy atom. The molecule has 1 aromatic carbocycles. The second-order valence-corrected chi connectivity index (χ2v) is 6.29. The predicted octanol–water partition coefficient (Wildman–Crippen LogP) is 3.63. The summed E-state index contributed by atoms with van der Waals surface area (Å²) in [5.74, 6) is 4.70. The zero-order valence-corrected chi connectivity index (χ0v) is 14.5. The summed E-state index contributed by atoms with van der Waals surface area (Å²) in [7, 11) is 0. The van der Waals surface area contributed by atoms with Crippen molar-refractivity contribution in [2.45, 2.75) is 33.6 Å². The van der Waals surface area contributed by atoms with Crippen molar-refractivity contribution in [3.05, 3.63) is 69.3 Å². The second kappa shape index (κ2) is 6.52. The summed E-state index contributed by atoms with van der Waals surface area (Å²) in [5.41, 5.74) is 11.7. The van der Waals surface area contributed by atoms with E-state index >= 15 is 0 Å². The van der Waals surface area contributed by atoms with Crippen LogP contribution in [0.2, 0.25) is 0 Å². The van der Waals surface area contributed by atoms with Gasteiger partial charge in [0.25, 0.3) is 0 Å². The maximum Gasteiger partial charge on any atom is 0.249 e. The lowest BCUT2D eigenvalue weighted by atomic mass is 9.91. The Hall–Kier alpha value is -2.93. The molecule has 0 saturated heterocycles. The number of hydrogen-bond donors (Lipinski definition) is 1. The Morgan fingerprint density at radius 2 is 2.12 bits per heavy atom. The Labute approximate surface area is 146 Å². The average molecular weight is 334 g/mol. The fraction of sp³-hybridized carbons (Fsp3) is 0.238. The summed E-state index contributed by atoms with van der Waals surface area (Å²) in [6.07, 6.45) is 2.76. The van der Waals surface area contributed by atoms with Gasteiger partial charge in [0.2, 0.25) is 5.91 Å². The van der Waals surface area contributed by atoms with Crippen molar-refractivity contribution in [3.63, 3.8) is 0 Å². The third kappa shape index (κ3) is 3.06. The summed E-state index contributed by atoms with van der Waals surface area (Å²) in [6, 6.07) is 5.00. The highest BCUT2D eigenvalue weighted by atomic mass is 19.1. The number of carbonyl (C=O) groups is 1. The summed E-state index contributed by atoms with van der Waals surface area (Å²) in [5, 5.41) is 0. The van der Waals surface area contributed by atoms with Crippen LogP contribution < -0.4 is 5.73 Å². The van der Waals surface area contributed by atoms with Gasteiger partial charge in [-0.1, -0.05) is 17.6 Å². The lowest BCUT2D eigenvalue weighted by molar-refractivity contribution is 0.0999.